The molecule has 7 heteroatoms. The summed E-state index contributed by atoms with van der Waals surface area (Å²) < 4.78 is 17.1. The Morgan fingerprint density at radius 3 is 2.22 bits per heavy atom. The first-order valence-electron chi connectivity index (χ1n) is 11.7. The lowest BCUT2D eigenvalue weighted by Gasteiger charge is -2.19. The van der Waals surface area contributed by atoms with E-state index in [0.29, 0.717) is 36.0 Å². The summed E-state index contributed by atoms with van der Waals surface area (Å²) in [5, 5.41) is 1.24. The normalized spacial score (nSPS) is 14.7. The molecule has 0 bridgehead atoms. The lowest BCUT2D eigenvalue weighted by molar-refractivity contribution is -0.117. The molecule has 1 saturated heterocycles. The zero-order valence-corrected chi connectivity index (χ0v) is 20.9. The van der Waals surface area contributed by atoms with E-state index in [1.54, 1.807) is 42.5 Å². The first-order chi connectivity index (χ1) is 17.3. The van der Waals surface area contributed by atoms with E-state index >= 15 is 0 Å². The van der Waals surface area contributed by atoms with E-state index < -0.39 is 11.8 Å². The van der Waals surface area contributed by atoms with Gasteiger partial charge in [-0.05, 0) is 59.0 Å². The van der Waals surface area contributed by atoms with E-state index in [1.165, 1.54) is 23.8 Å². The molecule has 0 saturated carbocycles. The third-order valence-corrected chi connectivity index (χ3v) is 5.73. The number of para-hydroxylation sites is 1. The van der Waals surface area contributed by atoms with Crippen LogP contribution >= 0.6 is 0 Å². The van der Waals surface area contributed by atoms with Crippen LogP contribution < -0.4 is 24.6 Å². The number of hydrazine groups is 1. The highest BCUT2D eigenvalue weighted by atomic mass is 16.5. The van der Waals surface area contributed by atoms with E-state index in [-0.39, 0.29) is 11.0 Å². The van der Waals surface area contributed by atoms with Crippen LogP contribution in [0.2, 0.25) is 0 Å². The summed E-state index contributed by atoms with van der Waals surface area (Å²) in [6.07, 6.45) is 1.54. The maximum absolute atomic E-state index is 12.8. The Balaban J connectivity index is 1.38. The largest absolute Gasteiger partial charge is 0.493 e. The van der Waals surface area contributed by atoms with Gasteiger partial charge in [-0.25, -0.2) is 5.01 Å². The number of hydrogen-bond donors (Lipinski definition) is 1. The number of rotatable bonds is 8. The van der Waals surface area contributed by atoms with Crippen LogP contribution in [0.5, 0.6) is 17.2 Å². The van der Waals surface area contributed by atoms with Gasteiger partial charge in [-0.15, -0.1) is 0 Å². The number of nitrogens with one attached hydrogen (secondary N) is 1. The first kappa shape index (κ1) is 24.9. The Kier molecular flexibility index (Phi) is 7.29. The van der Waals surface area contributed by atoms with E-state index in [2.05, 4.69) is 38.3 Å². The number of amides is 2. The molecule has 1 heterocycles. The zero-order chi connectivity index (χ0) is 25.7. The van der Waals surface area contributed by atoms with E-state index in [4.69, 9.17) is 14.2 Å². The third-order valence-electron chi connectivity index (χ3n) is 5.73. The lowest BCUT2D eigenvalue weighted by atomic mass is 9.87. The number of anilines is 1. The Labute approximate surface area is 211 Å². The van der Waals surface area contributed by atoms with Gasteiger partial charge in [0.05, 0.1) is 12.8 Å². The van der Waals surface area contributed by atoms with Crippen LogP contribution in [0.4, 0.5) is 5.69 Å². The maximum Gasteiger partial charge on any atom is 0.282 e. The number of benzene rings is 3. The lowest BCUT2D eigenvalue weighted by Crippen LogP contribution is -2.35. The highest BCUT2D eigenvalue weighted by molar-refractivity contribution is 6.31. The minimum absolute atomic E-state index is 0.0421. The van der Waals surface area contributed by atoms with Crippen molar-refractivity contribution in [3.8, 4) is 17.2 Å². The predicted molar refractivity (Wildman–Crippen MR) is 139 cm³/mol. The van der Waals surface area contributed by atoms with Crippen LogP contribution in [0, 0.1) is 0 Å². The molecule has 0 aliphatic carbocycles. The summed E-state index contributed by atoms with van der Waals surface area (Å²) >= 11 is 0. The Morgan fingerprint density at radius 1 is 0.861 bits per heavy atom. The van der Waals surface area contributed by atoms with Crippen molar-refractivity contribution in [1.82, 2.24) is 5.43 Å². The standard InChI is InChI=1S/C29H30N2O5/c1-29(2,3)21-11-13-23(14-12-21)35-16-17-36-25-15-10-20(19-26(25)34-4)18-24-27(32)30-31(28(24)33)22-8-6-5-7-9-22/h5-15,18-19H,16-17H2,1-4H3,(H,30,32)/b24-18+. The molecular formula is C29H30N2O5. The van der Waals surface area contributed by atoms with Crippen molar-refractivity contribution in [1.29, 1.82) is 0 Å². The maximum atomic E-state index is 12.8. The summed E-state index contributed by atoms with van der Waals surface area (Å²) in [7, 11) is 1.54. The second-order valence-electron chi connectivity index (χ2n) is 9.36. The number of nitrogens with zero attached hydrogens (tertiary/aromatic N) is 1. The number of ether oxygens (including phenoxy) is 3. The van der Waals surface area contributed by atoms with Crippen molar-refractivity contribution in [2.75, 3.05) is 25.3 Å². The van der Waals surface area contributed by atoms with Crippen LogP contribution in [0.25, 0.3) is 6.08 Å². The summed E-state index contributed by atoms with van der Waals surface area (Å²) in [5.74, 6) is 0.933. The van der Waals surface area contributed by atoms with Gasteiger partial charge in [-0.3, -0.25) is 15.0 Å². The van der Waals surface area contributed by atoms with Crippen molar-refractivity contribution in [3.63, 3.8) is 0 Å². The first-order valence-corrected chi connectivity index (χ1v) is 11.7. The van der Waals surface area contributed by atoms with E-state index in [0.717, 1.165) is 5.75 Å². The topological polar surface area (TPSA) is 77.1 Å². The summed E-state index contributed by atoms with van der Waals surface area (Å²) in [5.41, 5.74) is 5.21. The van der Waals surface area contributed by atoms with Crippen molar-refractivity contribution < 1.29 is 23.8 Å². The molecule has 2 amide bonds. The average molecular weight is 487 g/mol. The molecular weight excluding hydrogens is 456 g/mol. The van der Waals surface area contributed by atoms with Gasteiger partial charge in [0.15, 0.2) is 11.5 Å². The van der Waals surface area contributed by atoms with Gasteiger partial charge < -0.3 is 14.2 Å². The Hall–Kier alpha value is -4.26. The molecule has 4 rings (SSSR count). The molecule has 0 unspecified atom stereocenters. The third kappa shape index (κ3) is 5.68. The molecule has 7 nitrogen and oxygen atoms in total. The molecule has 1 N–H and O–H groups in total. The van der Waals surface area contributed by atoms with Gasteiger partial charge >= 0.3 is 0 Å². The van der Waals surface area contributed by atoms with Gasteiger partial charge in [0.1, 0.15) is 24.5 Å². The molecule has 186 valence electrons. The smallest absolute Gasteiger partial charge is 0.282 e. The highest BCUT2D eigenvalue weighted by Gasteiger charge is 2.34. The van der Waals surface area contributed by atoms with Crippen LogP contribution in [0.3, 0.4) is 0 Å². The summed E-state index contributed by atoms with van der Waals surface area (Å²) in [4.78, 5) is 25.2. The molecule has 1 aliphatic rings. The number of carbonyl (C=O) groups excluding carboxylic acids is 2. The molecule has 36 heavy (non-hydrogen) atoms. The van der Waals surface area contributed by atoms with Crippen molar-refractivity contribution in [2.45, 2.75) is 26.2 Å². The number of carbonyl (C=O) groups is 2. The van der Waals surface area contributed by atoms with Gasteiger partial charge in [0.25, 0.3) is 11.8 Å². The molecule has 0 spiro atoms. The van der Waals surface area contributed by atoms with Gasteiger partial charge in [0.2, 0.25) is 0 Å². The summed E-state index contributed by atoms with van der Waals surface area (Å²) in [6, 6.07) is 22.2. The Morgan fingerprint density at radius 2 is 1.56 bits per heavy atom. The quantitative estimate of drug-likeness (QED) is 0.278. The fourth-order valence-electron chi connectivity index (χ4n) is 3.74. The average Bonchev–Trinajstić information content (AvgIpc) is 3.15. The molecule has 3 aromatic rings. The van der Waals surface area contributed by atoms with Gasteiger partial charge in [-0.1, -0.05) is 57.2 Å². The molecule has 3 aromatic carbocycles. The zero-order valence-electron chi connectivity index (χ0n) is 20.9. The monoisotopic (exact) mass is 486 g/mol. The van der Waals surface area contributed by atoms with Crippen molar-refractivity contribution >= 4 is 23.6 Å². The van der Waals surface area contributed by atoms with E-state index in [9.17, 15) is 9.59 Å². The van der Waals surface area contributed by atoms with Crippen LogP contribution in [0.1, 0.15) is 31.9 Å². The van der Waals surface area contributed by atoms with Crippen LogP contribution in [0.15, 0.2) is 78.4 Å². The number of methoxy groups -OCH3 is 1. The molecule has 0 radical (unpaired) electrons. The van der Waals surface area contributed by atoms with Gasteiger partial charge in [0, 0.05) is 0 Å². The SMILES string of the molecule is COc1cc(/C=C2\C(=O)NN(c3ccccc3)C2=O)ccc1OCCOc1ccc(C(C)(C)C)cc1. The molecule has 0 aromatic heterocycles. The second-order valence-corrected chi connectivity index (χ2v) is 9.36. The van der Waals surface area contributed by atoms with Crippen molar-refractivity contribution in [2.24, 2.45) is 0 Å². The van der Waals surface area contributed by atoms with Crippen LogP contribution in [-0.4, -0.2) is 32.1 Å². The fourth-order valence-corrected chi connectivity index (χ4v) is 3.74. The minimum atomic E-state index is -0.462. The molecule has 0 atom stereocenters. The number of hydrogen-bond acceptors (Lipinski definition) is 5. The predicted octanol–water partition coefficient (Wildman–Crippen LogP) is 4.91. The van der Waals surface area contributed by atoms with E-state index in [1.807, 2.05) is 18.2 Å². The molecule has 1 aliphatic heterocycles. The highest BCUT2D eigenvalue weighted by Crippen LogP contribution is 2.30. The Bertz CT molecular complexity index is 1260. The minimum Gasteiger partial charge on any atom is -0.493 e. The van der Waals surface area contributed by atoms with Crippen LogP contribution in [-0.2, 0) is 15.0 Å². The molecule has 1 fully saturated rings. The fraction of sp³-hybridized carbons (Fsp3) is 0.241. The van der Waals surface area contributed by atoms with Gasteiger partial charge in [-0.2, -0.15) is 0 Å². The summed E-state index contributed by atoms with van der Waals surface area (Å²) in [6.45, 7) is 7.21. The second kappa shape index (κ2) is 10.6. The van der Waals surface area contributed by atoms with Crippen molar-refractivity contribution in [3.05, 3.63) is 89.5 Å².